The standard InChI is InChI=1S/C18H18N6O2S/c1-18(2,3)26-17(25)22-16-21-14-15(27-16)20-13(8-19-14)10-5-6-12-11(7-10)9-24(4)23-12/h5-9H,1-4H3,(H,19,21,22,25). The van der Waals surface area contributed by atoms with Crippen LogP contribution in [0.3, 0.4) is 0 Å². The number of ether oxygens (including phenoxy) is 1. The van der Waals surface area contributed by atoms with Gasteiger partial charge in [0, 0.05) is 24.2 Å². The fourth-order valence-corrected chi connectivity index (χ4v) is 3.40. The van der Waals surface area contributed by atoms with Crippen LogP contribution in [-0.2, 0) is 11.8 Å². The maximum absolute atomic E-state index is 11.9. The summed E-state index contributed by atoms with van der Waals surface area (Å²) in [6, 6.07) is 5.95. The number of nitrogens with zero attached hydrogens (tertiary/aromatic N) is 5. The van der Waals surface area contributed by atoms with Gasteiger partial charge in [0.15, 0.2) is 15.6 Å². The van der Waals surface area contributed by atoms with Crippen LogP contribution in [0.15, 0.2) is 30.6 Å². The Kier molecular flexibility index (Phi) is 4.03. The van der Waals surface area contributed by atoms with Crippen LogP contribution in [-0.4, -0.2) is 36.4 Å². The SMILES string of the molecule is Cn1cc2cc(-c3cnc4nc(NC(=O)OC(C)(C)C)sc4n3)ccc2n1. The van der Waals surface area contributed by atoms with Crippen molar-refractivity contribution in [2.24, 2.45) is 7.05 Å². The van der Waals surface area contributed by atoms with Gasteiger partial charge in [0.05, 0.1) is 17.4 Å². The number of carbonyl (C=O) groups excluding carboxylic acids is 1. The summed E-state index contributed by atoms with van der Waals surface area (Å²) >= 11 is 1.26. The molecule has 0 aliphatic heterocycles. The summed E-state index contributed by atoms with van der Waals surface area (Å²) in [6.07, 6.45) is 3.08. The Morgan fingerprint density at radius 3 is 2.85 bits per heavy atom. The van der Waals surface area contributed by atoms with Crippen molar-refractivity contribution in [1.29, 1.82) is 0 Å². The fraction of sp³-hybridized carbons (Fsp3) is 0.278. The van der Waals surface area contributed by atoms with Crippen molar-refractivity contribution < 1.29 is 9.53 Å². The largest absolute Gasteiger partial charge is 0.444 e. The summed E-state index contributed by atoms with van der Waals surface area (Å²) < 4.78 is 7.02. The van der Waals surface area contributed by atoms with Gasteiger partial charge >= 0.3 is 6.09 Å². The smallest absolute Gasteiger partial charge is 0.413 e. The molecule has 0 saturated carbocycles. The molecule has 8 nitrogen and oxygen atoms in total. The minimum Gasteiger partial charge on any atom is -0.444 e. The van der Waals surface area contributed by atoms with E-state index >= 15 is 0 Å². The number of carbonyl (C=O) groups is 1. The molecule has 0 spiro atoms. The van der Waals surface area contributed by atoms with Gasteiger partial charge in [0.2, 0.25) is 0 Å². The molecule has 0 unspecified atom stereocenters. The van der Waals surface area contributed by atoms with Gasteiger partial charge in [-0.25, -0.2) is 14.8 Å². The number of aryl methyl sites for hydroxylation is 1. The minimum absolute atomic E-state index is 0.402. The average molecular weight is 382 g/mol. The maximum atomic E-state index is 11.9. The Labute approximate surface area is 159 Å². The second-order valence-corrected chi connectivity index (χ2v) is 8.08. The number of hydrogen-bond acceptors (Lipinski definition) is 7. The first-order valence-electron chi connectivity index (χ1n) is 8.34. The van der Waals surface area contributed by atoms with E-state index in [0.29, 0.717) is 15.6 Å². The van der Waals surface area contributed by atoms with Crippen LogP contribution in [0, 0.1) is 0 Å². The Hall–Kier alpha value is -3.07. The van der Waals surface area contributed by atoms with Crippen molar-refractivity contribution in [3.63, 3.8) is 0 Å². The van der Waals surface area contributed by atoms with E-state index in [1.54, 1.807) is 31.6 Å². The normalized spacial score (nSPS) is 11.9. The number of nitrogens with one attached hydrogen (secondary N) is 1. The van der Waals surface area contributed by atoms with Crippen molar-refractivity contribution in [3.05, 3.63) is 30.6 Å². The summed E-state index contributed by atoms with van der Waals surface area (Å²) in [5.74, 6) is 0. The molecule has 0 atom stereocenters. The molecular weight excluding hydrogens is 364 g/mol. The molecule has 4 aromatic rings. The first-order chi connectivity index (χ1) is 12.8. The molecule has 9 heteroatoms. The van der Waals surface area contributed by atoms with E-state index in [1.807, 2.05) is 31.4 Å². The Balaban J connectivity index is 1.62. The number of anilines is 1. The lowest BCUT2D eigenvalue weighted by Gasteiger charge is -2.18. The Morgan fingerprint density at radius 1 is 1.26 bits per heavy atom. The van der Waals surface area contributed by atoms with Crippen molar-refractivity contribution in [1.82, 2.24) is 24.7 Å². The zero-order valence-electron chi connectivity index (χ0n) is 15.3. The molecule has 27 heavy (non-hydrogen) atoms. The molecule has 0 saturated heterocycles. The van der Waals surface area contributed by atoms with Gasteiger partial charge in [-0.1, -0.05) is 17.4 Å². The molecule has 3 heterocycles. The lowest BCUT2D eigenvalue weighted by molar-refractivity contribution is 0.0636. The summed E-state index contributed by atoms with van der Waals surface area (Å²) in [5.41, 5.74) is 2.52. The summed E-state index contributed by atoms with van der Waals surface area (Å²) in [5, 5.41) is 8.44. The molecule has 0 bridgehead atoms. The van der Waals surface area contributed by atoms with Crippen molar-refractivity contribution in [2.45, 2.75) is 26.4 Å². The van der Waals surface area contributed by atoms with Crippen LogP contribution in [0.2, 0.25) is 0 Å². The Morgan fingerprint density at radius 2 is 2.07 bits per heavy atom. The second-order valence-electron chi connectivity index (χ2n) is 7.11. The van der Waals surface area contributed by atoms with Gasteiger partial charge < -0.3 is 4.74 Å². The third-order valence-electron chi connectivity index (χ3n) is 3.65. The first kappa shape index (κ1) is 17.3. The summed E-state index contributed by atoms with van der Waals surface area (Å²) in [4.78, 5) is 25.8. The van der Waals surface area contributed by atoms with E-state index in [4.69, 9.17) is 4.74 Å². The van der Waals surface area contributed by atoms with Crippen molar-refractivity contribution >= 4 is 43.9 Å². The molecule has 4 rings (SSSR count). The maximum Gasteiger partial charge on any atom is 0.413 e. The monoisotopic (exact) mass is 382 g/mol. The van der Waals surface area contributed by atoms with E-state index in [-0.39, 0.29) is 0 Å². The van der Waals surface area contributed by atoms with Gasteiger partial charge in [-0.15, -0.1) is 0 Å². The molecule has 1 amide bonds. The second kappa shape index (κ2) is 6.27. The molecular formula is C18H18N6O2S. The van der Waals surface area contributed by atoms with Gasteiger partial charge in [0.1, 0.15) is 5.60 Å². The number of thiazole rings is 1. The van der Waals surface area contributed by atoms with Crippen LogP contribution < -0.4 is 5.32 Å². The zero-order chi connectivity index (χ0) is 19.2. The predicted octanol–water partition coefficient (Wildman–Crippen LogP) is 3.99. The van der Waals surface area contributed by atoms with Crippen LogP contribution >= 0.6 is 11.3 Å². The molecule has 0 fully saturated rings. The van der Waals surface area contributed by atoms with Gasteiger partial charge in [-0.2, -0.15) is 10.1 Å². The molecule has 1 N–H and O–H groups in total. The van der Waals surface area contributed by atoms with Crippen LogP contribution in [0.4, 0.5) is 9.93 Å². The topological polar surface area (TPSA) is 94.8 Å². The van der Waals surface area contributed by atoms with E-state index in [0.717, 1.165) is 22.2 Å². The van der Waals surface area contributed by atoms with E-state index in [1.165, 1.54) is 11.3 Å². The minimum atomic E-state index is -0.574. The van der Waals surface area contributed by atoms with Gasteiger partial charge in [-0.05, 0) is 32.9 Å². The van der Waals surface area contributed by atoms with E-state index in [9.17, 15) is 4.79 Å². The van der Waals surface area contributed by atoms with Crippen LogP contribution in [0.25, 0.3) is 32.6 Å². The molecule has 1 aromatic carbocycles. The van der Waals surface area contributed by atoms with Crippen molar-refractivity contribution in [3.8, 4) is 11.3 Å². The number of benzene rings is 1. The Bertz CT molecular complexity index is 1160. The molecule has 3 aromatic heterocycles. The highest BCUT2D eigenvalue weighted by Crippen LogP contribution is 2.27. The number of rotatable bonds is 2. The van der Waals surface area contributed by atoms with Gasteiger partial charge in [-0.3, -0.25) is 10.00 Å². The third kappa shape index (κ3) is 3.72. The summed E-state index contributed by atoms with van der Waals surface area (Å²) in [7, 11) is 1.89. The molecule has 0 aliphatic carbocycles. The average Bonchev–Trinajstić information content (AvgIpc) is 3.12. The van der Waals surface area contributed by atoms with E-state index in [2.05, 4.69) is 25.4 Å². The molecule has 0 aliphatic rings. The number of aromatic nitrogens is 5. The fourth-order valence-electron chi connectivity index (χ4n) is 2.61. The quantitative estimate of drug-likeness (QED) is 0.563. The lowest BCUT2D eigenvalue weighted by Crippen LogP contribution is -2.27. The first-order valence-corrected chi connectivity index (χ1v) is 9.16. The number of fused-ring (bicyclic) bond motifs is 2. The highest BCUT2D eigenvalue weighted by atomic mass is 32.1. The third-order valence-corrected chi connectivity index (χ3v) is 4.50. The number of amides is 1. The van der Waals surface area contributed by atoms with E-state index < -0.39 is 11.7 Å². The molecule has 138 valence electrons. The van der Waals surface area contributed by atoms with Crippen LogP contribution in [0.5, 0.6) is 0 Å². The predicted molar refractivity (Wildman–Crippen MR) is 105 cm³/mol. The lowest BCUT2D eigenvalue weighted by atomic mass is 10.1. The van der Waals surface area contributed by atoms with Gasteiger partial charge in [0.25, 0.3) is 0 Å². The van der Waals surface area contributed by atoms with Crippen LogP contribution in [0.1, 0.15) is 20.8 Å². The highest BCUT2D eigenvalue weighted by Gasteiger charge is 2.18. The summed E-state index contributed by atoms with van der Waals surface area (Å²) in [6.45, 7) is 5.41. The molecule has 0 radical (unpaired) electrons. The number of hydrogen-bond donors (Lipinski definition) is 1. The highest BCUT2D eigenvalue weighted by molar-refractivity contribution is 7.21. The zero-order valence-corrected chi connectivity index (χ0v) is 16.2. The van der Waals surface area contributed by atoms with Crippen molar-refractivity contribution in [2.75, 3.05) is 5.32 Å².